The Bertz CT molecular complexity index is 205. The average molecular weight is 149 g/mol. The van der Waals surface area contributed by atoms with Gasteiger partial charge in [-0.05, 0) is 0 Å². The zero-order chi connectivity index (χ0) is 7.61. The summed E-state index contributed by atoms with van der Waals surface area (Å²) in [4.78, 5) is 4.31. The third kappa shape index (κ3) is 1.77. The molecule has 0 spiro atoms. The summed E-state index contributed by atoms with van der Waals surface area (Å²) < 4.78 is 0. The van der Waals surface area contributed by atoms with Gasteiger partial charge in [-0.1, -0.05) is 0 Å². The van der Waals surface area contributed by atoms with Gasteiger partial charge in [0.15, 0.2) is 0 Å². The van der Waals surface area contributed by atoms with E-state index in [4.69, 9.17) is 0 Å². The van der Waals surface area contributed by atoms with E-state index in [9.17, 15) is 0 Å². The molecule has 3 heteroatoms. The second-order valence-electron chi connectivity index (χ2n) is 3.46. The molecular formula is C7H12BNSi. The van der Waals surface area contributed by atoms with E-state index in [1.54, 1.807) is 0 Å². The molecule has 1 rings (SSSR count). The van der Waals surface area contributed by atoms with Gasteiger partial charge in [-0.15, -0.1) is 0 Å². The molecule has 1 nitrogen and oxygen atoms in total. The summed E-state index contributed by atoms with van der Waals surface area (Å²) in [6.07, 6.45) is 0. The van der Waals surface area contributed by atoms with Crippen LogP contribution in [0, 0.1) is 0 Å². The van der Waals surface area contributed by atoms with Crippen LogP contribution in [0.3, 0.4) is 0 Å². The molecule has 0 aromatic carbocycles. The predicted octanol–water partition coefficient (Wildman–Crippen LogP) is 0.965. The van der Waals surface area contributed by atoms with Crippen LogP contribution in [0.1, 0.15) is 0 Å². The third-order valence-corrected chi connectivity index (χ3v) is 3.27. The Labute approximate surface area is 63.8 Å². The summed E-state index contributed by atoms with van der Waals surface area (Å²) in [5.41, 5.74) is 0. The summed E-state index contributed by atoms with van der Waals surface area (Å²) in [5.74, 6) is 1.96. The van der Waals surface area contributed by atoms with Crippen LogP contribution in [0.15, 0.2) is 18.1 Å². The van der Waals surface area contributed by atoms with Crippen molar-refractivity contribution in [1.29, 1.82) is 0 Å². The van der Waals surface area contributed by atoms with Crippen LogP contribution in [-0.4, -0.2) is 20.0 Å². The van der Waals surface area contributed by atoms with Crippen molar-refractivity contribution in [3.05, 3.63) is 18.1 Å². The quantitative estimate of drug-likeness (QED) is 0.542. The number of aromatic nitrogens is 1. The number of nitrogens with zero attached hydrogens (tertiary/aromatic N) is 1. The minimum absolute atomic E-state index is 1.14. The molecule has 0 aliphatic carbocycles. The second kappa shape index (κ2) is 2.66. The van der Waals surface area contributed by atoms with Crippen molar-refractivity contribution in [2.24, 2.45) is 0 Å². The summed E-state index contributed by atoms with van der Waals surface area (Å²) in [6.45, 7) is 6.90. The van der Waals surface area contributed by atoms with E-state index in [1.165, 1.54) is 5.32 Å². The molecule has 0 saturated heterocycles. The van der Waals surface area contributed by atoms with Crippen molar-refractivity contribution in [2.45, 2.75) is 19.6 Å². The average Bonchev–Trinajstić information content (AvgIpc) is 1.88. The molecule has 0 atom stereocenters. The fraction of sp³-hybridized carbons (Fsp3) is 0.429. The van der Waals surface area contributed by atoms with Gasteiger partial charge in [0, 0.05) is 0 Å². The van der Waals surface area contributed by atoms with E-state index in [1.807, 2.05) is 13.0 Å². The SMILES string of the molecule is C[Si](C)(C)c1cccbn1. The van der Waals surface area contributed by atoms with Gasteiger partial charge in [0.1, 0.15) is 0 Å². The first-order valence-corrected chi connectivity index (χ1v) is 7.02. The summed E-state index contributed by atoms with van der Waals surface area (Å²) >= 11 is 0. The van der Waals surface area contributed by atoms with Gasteiger partial charge < -0.3 is 0 Å². The number of rotatable bonds is 1. The zero-order valence-electron chi connectivity index (χ0n) is 6.76. The molecule has 52 valence electrons. The van der Waals surface area contributed by atoms with E-state index >= 15 is 0 Å². The Hall–Kier alpha value is -0.438. The topological polar surface area (TPSA) is 12.9 Å². The van der Waals surface area contributed by atoms with E-state index in [-0.39, 0.29) is 0 Å². The predicted molar refractivity (Wildman–Crippen MR) is 48.6 cm³/mol. The van der Waals surface area contributed by atoms with Crippen LogP contribution in [-0.2, 0) is 0 Å². The van der Waals surface area contributed by atoms with E-state index in [0.29, 0.717) is 0 Å². The van der Waals surface area contributed by atoms with E-state index in [2.05, 4.69) is 36.7 Å². The van der Waals surface area contributed by atoms with Crippen LogP contribution in [0.5, 0.6) is 0 Å². The zero-order valence-corrected chi connectivity index (χ0v) is 7.76. The summed E-state index contributed by atoms with van der Waals surface area (Å²) in [5, 5.41) is 1.29. The van der Waals surface area contributed by atoms with Gasteiger partial charge in [-0.25, -0.2) is 0 Å². The normalized spacial score (nSPS) is 11.1. The number of hydrogen-bond donors (Lipinski definition) is 0. The molecule has 0 bridgehead atoms. The van der Waals surface area contributed by atoms with Gasteiger partial charge in [0.25, 0.3) is 0 Å². The molecule has 0 N–H and O–H groups in total. The van der Waals surface area contributed by atoms with E-state index < -0.39 is 8.07 Å². The fourth-order valence-electron chi connectivity index (χ4n) is 0.806. The molecule has 1 heterocycles. The first kappa shape index (κ1) is 7.67. The molecule has 1 aromatic rings. The van der Waals surface area contributed by atoms with Crippen molar-refractivity contribution in [1.82, 2.24) is 4.89 Å². The Kier molecular flexibility index (Phi) is 2.04. The van der Waals surface area contributed by atoms with Crippen molar-refractivity contribution in [2.75, 3.05) is 0 Å². The Morgan fingerprint density at radius 1 is 1.40 bits per heavy atom. The monoisotopic (exact) mass is 149 g/mol. The minimum atomic E-state index is -1.14. The molecule has 1 aromatic heterocycles. The third-order valence-electron chi connectivity index (χ3n) is 1.43. The van der Waals surface area contributed by atoms with Gasteiger partial charge in [-0.3, -0.25) is 0 Å². The maximum atomic E-state index is 4.31. The van der Waals surface area contributed by atoms with Gasteiger partial charge in [0.05, 0.1) is 0 Å². The van der Waals surface area contributed by atoms with Crippen molar-refractivity contribution >= 4 is 20.4 Å². The standard InChI is InChI=1S/C7H12BNSi/c1-10(2,3)7-5-4-6-8-9-7/h4-6H,1-3H3. The molecular weight excluding hydrogens is 137 g/mol. The molecule has 10 heavy (non-hydrogen) atoms. The first-order valence-electron chi connectivity index (χ1n) is 3.52. The summed E-state index contributed by atoms with van der Waals surface area (Å²) in [7, 11) is 0.724. The van der Waals surface area contributed by atoms with Gasteiger partial charge in [-0.2, -0.15) is 0 Å². The molecule has 0 saturated carbocycles. The fourth-order valence-corrected chi connectivity index (χ4v) is 1.86. The Balaban J connectivity index is 2.97. The second-order valence-corrected chi connectivity index (χ2v) is 8.48. The summed E-state index contributed by atoms with van der Waals surface area (Å²) in [6, 6.07) is 4.17. The van der Waals surface area contributed by atoms with Crippen LogP contribution in [0.25, 0.3) is 0 Å². The van der Waals surface area contributed by atoms with Crippen molar-refractivity contribution < 1.29 is 0 Å². The van der Waals surface area contributed by atoms with Crippen LogP contribution in [0.2, 0.25) is 19.6 Å². The Morgan fingerprint density at radius 3 is 2.40 bits per heavy atom. The molecule has 0 amide bonds. The van der Waals surface area contributed by atoms with Crippen LogP contribution >= 0.6 is 0 Å². The van der Waals surface area contributed by atoms with Crippen molar-refractivity contribution in [3.8, 4) is 0 Å². The van der Waals surface area contributed by atoms with E-state index in [0.717, 1.165) is 0 Å². The number of hydrogen-bond acceptors (Lipinski definition) is 1. The molecule has 0 radical (unpaired) electrons. The van der Waals surface area contributed by atoms with Gasteiger partial charge >= 0.3 is 63.1 Å². The van der Waals surface area contributed by atoms with Crippen LogP contribution < -0.4 is 5.32 Å². The van der Waals surface area contributed by atoms with Gasteiger partial charge in [0.2, 0.25) is 0 Å². The molecule has 0 aliphatic rings. The molecule has 0 aliphatic heterocycles. The molecule has 0 fully saturated rings. The van der Waals surface area contributed by atoms with Crippen LogP contribution in [0.4, 0.5) is 0 Å². The maximum absolute atomic E-state index is 4.31. The molecule has 0 unspecified atom stereocenters. The Morgan fingerprint density at radius 2 is 2.10 bits per heavy atom. The first-order chi connectivity index (χ1) is 4.61. The van der Waals surface area contributed by atoms with Crippen molar-refractivity contribution in [3.63, 3.8) is 0 Å².